The van der Waals surface area contributed by atoms with E-state index in [2.05, 4.69) is 15.6 Å². The number of amides is 1. The smallest absolute Gasteiger partial charge is 0.338 e. The predicted octanol–water partition coefficient (Wildman–Crippen LogP) is 4.49. The van der Waals surface area contributed by atoms with Gasteiger partial charge < -0.3 is 15.4 Å². The van der Waals surface area contributed by atoms with Gasteiger partial charge >= 0.3 is 5.97 Å². The van der Waals surface area contributed by atoms with Crippen LogP contribution in [-0.4, -0.2) is 23.5 Å². The summed E-state index contributed by atoms with van der Waals surface area (Å²) in [5.41, 5.74) is 2.79. The number of carbonyl (C=O) groups is 2. The molecule has 1 heterocycles. The van der Waals surface area contributed by atoms with Crippen molar-refractivity contribution in [2.75, 3.05) is 11.9 Å². The maximum Gasteiger partial charge on any atom is 0.338 e. The van der Waals surface area contributed by atoms with Gasteiger partial charge in [-0.2, -0.15) is 0 Å². The van der Waals surface area contributed by atoms with Crippen LogP contribution in [0, 0.1) is 0 Å². The first-order chi connectivity index (χ1) is 14.1. The van der Waals surface area contributed by atoms with E-state index >= 15 is 0 Å². The minimum absolute atomic E-state index is 0.0978. The van der Waals surface area contributed by atoms with Crippen LogP contribution in [0.1, 0.15) is 46.2 Å². The molecule has 148 valence electrons. The molecule has 1 atom stereocenters. The minimum atomic E-state index is -0.350. The Kier molecular flexibility index (Phi) is 6.58. The van der Waals surface area contributed by atoms with Crippen molar-refractivity contribution < 1.29 is 14.3 Å². The summed E-state index contributed by atoms with van der Waals surface area (Å²) in [4.78, 5) is 28.4. The number of aromatic nitrogens is 1. The lowest BCUT2D eigenvalue weighted by molar-refractivity contribution is 0.0526. The summed E-state index contributed by atoms with van der Waals surface area (Å²) in [6.45, 7) is 4.05. The molecule has 2 N–H and O–H groups in total. The quantitative estimate of drug-likeness (QED) is 0.582. The van der Waals surface area contributed by atoms with Gasteiger partial charge in [0.25, 0.3) is 5.91 Å². The molecule has 6 heteroatoms. The molecule has 2 aromatic carbocycles. The third-order valence-electron chi connectivity index (χ3n) is 4.34. The van der Waals surface area contributed by atoms with Crippen molar-refractivity contribution in [2.24, 2.45) is 0 Å². The lowest BCUT2D eigenvalue weighted by atomic mass is 10.1. The normalized spacial score (nSPS) is 11.4. The second-order valence-corrected chi connectivity index (χ2v) is 6.46. The summed E-state index contributed by atoms with van der Waals surface area (Å²) in [7, 11) is 0. The maximum atomic E-state index is 12.4. The highest BCUT2D eigenvalue weighted by molar-refractivity contribution is 5.94. The molecule has 0 fully saturated rings. The topological polar surface area (TPSA) is 80.3 Å². The van der Waals surface area contributed by atoms with Crippen molar-refractivity contribution in [3.63, 3.8) is 0 Å². The van der Waals surface area contributed by atoms with Gasteiger partial charge in [-0.1, -0.05) is 30.3 Å². The first-order valence-corrected chi connectivity index (χ1v) is 9.43. The number of benzene rings is 2. The Hall–Kier alpha value is -3.67. The molecule has 3 aromatic rings. The Balaban J connectivity index is 1.59. The third-order valence-corrected chi connectivity index (χ3v) is 4.34. The molecule has 0 radical (unpaired) electrons. The number of pyridine rings is 1. The van der Waals surface area contributed by atoms with E-state index in [0.717, 1.165) is 11.3 Å². The molecule has 0 aliphatic rings. The lowest BCUT2D eigenvalue weighted by Crippen LogP contribution is -2.26. The van der Waals surface area contributed by atoms with Crippen LogP contribution < -0.4 is 10.6 Å². The monoisotopic (exact) mass is 389 g/mol. The molecule has 0 saturated heterocycles. The van der Waals surface area contributed by atoms with Gasteiger partial charge in [-0.25, -0.2) is 9.78 Å². The number of rotatable bonds is 7. The van der Waals surface area contributed by atoms with Crippen molar-refractivity contribution in [1.82, 2.24) is 10.3 Å². The van der Waals surface area contributed by atoms with Gasteiger partial charge in [0, 0.05) is 11.9 Å². The highest BCUT2D eigenvalue weighted by atomic mass is 16.5. The van der Waals surface area contributed by atoms with E-state index in [0.29, 0.717) is 23.6 Å². The van der Waals surface area contributed by atoms with Crippen molar-refractivity contribution >= 4 is 23.4 Å². The van der Waals surface area contributed by atoms with E-state index in [1.54, 1.807) is 43.3 Å². The van der Waals surface area contributed by atoms with E-state index < -0.39 is 0 Å². The summed E-state index contributed by atoms with van der Waals surface area (Å²) >= 11 is 0. The van der Waals surface area contributed by atoms with Crippen LogP contribution in [0.15, 0.2) is 72.9 Å². The zero-order chi connectivity index (χ0) is 20.6. The minimum Gasteiger partial charge on any atom is -0.462 e. The summed E-state index contributed by atoms with van der Waals surface area (Å²) in [6, 6.07) is 20.1. The van der Waals surface area contributed by atoms with Crippen molar-refractivity contribution in [3.05, 3.63) is 89.6 Å². The van der Waals surface area contributed by atoms with Crippen LogP contribution in [0.4, 0.5) is 11.5 Å². The van der Waals surface area contributed by atoms with Gasteiger partial charge in [-0.05, 0) is 55.8 Å². The van der Waals surface area contributed by atoms with Crippen molar-refractivity contribution in [3.8, 4) is 0 Å². The van der Waals surface area contributed by atoms with Crippen LogP contribution in [0.25, 0.3) is 0 Å². The second kappa shape index (κ2) is 9.50. The van der Waals surface area contributed by atoms with Gasteiger partial charge in [-0.3, -0.25) is 4.79 Å². The van der Waals surface area contributed by atoms with E-state index in [1.165, 1.54) is 6.20 Å². The molecule has 0 spiro atoms. The largest absolute Gasteiger partial charge is 0.462 e. The zero-order valence-corrected chi connectivity index (χ0v) is 16.4. The van der Waals surface area contributed by atoms with Crippen LogP contribution in [-0.2, 0) is 4.74 Å². The van der Waals surface area contributed by atoms with Gasteiger partial charge in [0.15, 0.2) is 0 Å². The molecule has 0 saturated carbocycles. The summed E-state index contributed by atoms with van der Waals surface area (Å²) in [5, 5.41) is 6.11. The van der Waals surface area contributed by atoms with Crippen LogP contribution in [0.3, 0.4) is 0 Å². The molecular weight excluding hydrogens is 366 g/mol. The van der Waals surface area contributed by atoms with Gasteiger partial charge in [0.05, 0.1) is 23.8 Å². The van der Waals surface area contributed by atoms with E-state index in [4.69, 9.17) is 4.74 Å². The zero-order valence-electron chi connectivity index (χ0n) is 16.4. The molecule has 6 nitrogen and oxygen atoms in total. The summed E-state index contributed by atoms with van der Waals surface area (Å²) < 4.78 is 4.97. The Morgan fingerprint density at radius 1 is 0.966 bits per heavy atom. The van der Waals surface area contributed by atoms with Crippen molar-refractivity contribution in [2.45, 2.75) is 19.9 Å². The molecular formula is C23H23N3O3. The van der Waals surface area contributed by atoms with Crippen molar-refractivity contribution in [1.29, 1.82) is 0 Å². The Morgan fingerprint density at radius 3 is 2.28 bits per heavy atom. The summed E-state index contributed by atoms with van der Waals surface area (Å²) in [5.74, 6) is 0.0676. The van der Waals surface area contributed by atoms with Crippen LogP contribution >= 0.6 is 0 Å². The fourth-order valence-corrected chi connectivity index (χ4v) is 2.76. The molecule has 1 unspecified atom stereocenters. The van der Waals surface area contributed by atoms with Crippen LogP contribution in [0.5, 0.6) is 0 Å². The fourth-order valence-electron chi connectivity index (χ4n) is 2.76. The molecule has 0 aliphatic heterocycles. The maximum absolute atomic E-state index is 12.4. The molecule has 29 heavy (non-hydrogen) atoms. The standard InChI is InChI=1S/C23H23N3O3/c1-3-29-23(28)18-9-12-20(13-10-18)26-21-14-11-19(15-24-21)22(27)25-16(2)17-7-5-4-6-8-17/h4-16H,3H2,1-2H3,(H,24,26)(H,25,27). The Bertz CT molecular complexity index is 955. The second-order valence-electron chi connectivity index (χ2n) is 6.46. The third kappa shape index (κ3) is 5.42. The average Bonchev–Trinajstić information content (AvgIpc) is 2.75. The highest BCUT2D eigenvalue weighted by Gasteiger charge is 2.12. The molecule has 3 rings (SSSR count). The average molecular weight is 389 g/mol. The first kappa shape index (κ1) is 20.1. The van der Waals surface area contributed by atoms with Gasteiger partial charge in [-0.15, -0.1) is 0 Å². The number of nitrogens with zero attached hydrogens (tertiary/aromatic N) is 1. The van der Waals surface area contributed by atoms with E-state index in [-0.39, 0.29) is 17.9 Å². The number of esters is 1. The van der Waals surface area contributed by atoms with E-state index in [9.17, 15) is 9.59 Å². The lowest BCUT2D eigenvalue weighted by Gasteiger charge is -2.14. The van der Waals surface area contributed by atoms with E-state index in [1.807, 2.05) is 37.3 Å². The van der Waals surface area contributed by atoms with Crippen LogP contribution in [0.2, 0.25) is 0 Å². The van der Waals surface area contributed by atoms with Gasteiger partial charge in [0.2, 0.25) is 0 Å². The number of anilines is 2. The number of carbonyl (C=O) groups excluding carboxylic acids is 2. The predicted molar refractivity (Wildman–Crippen MR) is 112 cm³/mol. The number of ether oxygens (including phenoxy) is 1. The number of hydrogen-bond acceptors (Lipinski definition) is 5. The fraction of sp³-hybridized carbons (Fsp3) is 0.174. The highest BCUT2D eigenvalue weighted by Crippen LogP contribution is 2.17. The number of hydrogen-bond donors (Lipinski definition) is 2. The molecule has 0 bridgehead atoms. The molecule has 1 aromatic heterocycles. The molecule has 1 amide bonds. The molecule has 0 aliphatic carbocycles. The first-order valence-electron chi connectivity index (χ1n) is 9.43. The number of nitrogens with one attached hydrogen (secondary N) is 2. The SMILES string of the molecule is CCOC(=O)c1ccc(Nc2ccc(C(=O)NC(C)c3ccccc3)cn2)cc1. The Morgan fingerprint density at radius 2 is 1.66 bits per heavy atom. The van der Waals surface area contributed by atoms with Gasteiger partial charge in [0.1, 0.15) is 5.82 Å². The Labute approximate surface area is 169 Å². The summed E-state index contributed by atoms with van der Waals surface area (Å²) in [6.07, 6.45) is 1.53.